The molecule has 1 heterocycles. The Morgan fingerprint density at radius 1 is 1.64 bits per heavy atom. The van der Waals surface area contributed by atoms with E-state index in [1.165, 1.54) is 0 Å². The number of sulfonamides is 1. The molecule has 5 nitrogen and oxygen atoms in total. The molecule has 0 aliphatic heterocycles. The van der Waals surface area contributed by atoms with Crippen LogP contribution in [0.1, 0.15) is 11.3 Å². The lowest BCUT2D eigenvalue weighted by Gasteiger charge is -2.02. The summed E-state index contributed by atoms with van der Waals surface area (Å²) in [6.45, 7) is 2.18. The zero-order valence-electron chi connectivity index (χ0n) is 7.99. The minimum atomic E-state index is -3.20. The number of nitrogens with one attached hydrogen (secondary N) is 1. The normalized spacial score (nSPS) is 11.9. The van der Waals surface area contributed by atoms with Gasteiger partial charge in [0.25, 0.3) is 0 Å². The zero-order valence-corrected chi connectivity index (χ0v) is 10.4. The van der Waals surface area contributed by atoms with E-state index in [-0.39, 0.29) is 11.2 Å². The monoisotopic (exact) mass is 281 g/mol. The predicted molar refractivity (Wildman–Crippen MR) is 57.5 cm³/mol. The molecular formula is C7H12BrN3O2S. The van der Waals surface area contributed by atoms with Crippen LogP contribution in [-0.2, 0) is 23.6 Å². The number of alkyl halides is 1. The lowest BCUT2D eigenvalue weighted by Crippen LogP contribution is -2.23. The van der Waals surface area contributed by atoms with E-state index in [9.17, 15) is 8.42 Å². The zero-order chi connectivity index (χ0) is 10.8. The van der Waals surface area contributed by atoms with Gasteiger partial charge in [0.05, 0.1) is 6.20 Å². The Morgan fingerprint density at radius 3 is 2.71 bits per heavy atom. The standard InChI is InChI=1S/C7H12BrN3O2S/c1-6-7(3-9-11(6)2)4-10-14(12,13)5-8/h3,10H,4-5H2,1-2H3. The van der Waals surface area contributed by atoms with Crippen molar-refractivity contribution in [2.75, 3.05) is 4.66 Å². The number of hydrogen-bond donors (Lipinski definition) is 1. The number of aryl methyl sites for hydroxylation is 1. The van der Waals surface area contributed by atoms with E-state index in [1.54, 1.807) is 10.9 Å². The van der Waals surface area contributed by atoms with E-state index in [2.05, 4.69) is 25.8 Å². The minimum absolute atomic E-state index is 0.0840. The lowest BCUT2D eigenvalue weighted by atomic mass is 10.3. The first-order valence-corrected chi connectivity index (χ1v) is 6.74. The van der Waals surface area contributed by atoms with Gasteiger partial charge in [-0.3, -0.25) is 4.68 Å². The molecule has 0 aromatic carbocycles. The molecule has 1 aromatic rings. The molecule has 0 aliphatic rings. The van der Waals surface area contributed by atoms with Crippen LogP contribution in [0.5, 0.6) is 0 Å². The van der Waals surface area contributed by atoms with E-state index in [0.29, 0.717) is 0 Å². The summed E-state index contributed by atoms with van der Waals surface area (Å²) in [5, 5.41) is 4.01. The number of hydrogen-bond acceptors (Lipinski definition) is 3. The van der Waals surface area contributed by atoms with Crippen molar-refractivity contribution in [3.63, 3.8) is 0 Å². The van der Waals surface area contributed by atoms with Crippen molar-refractivity contribution in [1.82, 2.24) is 14.5 Å². The minimum Gasteiger partial charge on any atom is -0.273 e. The fraction of sp³-hybridized carbons (Fsp3) is 0.571. The summed E-state index contributed by atoms with van der Waals surface area (Å²) in [5.74, 6) is 0. The van der Waals surface area contributed by atoms with Crippen molar-refractivity contribution < 1.29 is 8.42 Å². The van der Waals surface area contributed by atoms with E-state index >= 15 is 0 Å². The molecule has 80 valence electrons. The quantitative estimate of drug-likeness (QED) is 0.818. The number of halogens is 1. The molecular weight excluding hydrogens is 270 g/mol. The van der Waals surface area contributed by atoms with Crippen LogP contribution in [0.4, 0.5) is 0 Å². The van der Waals surface area contributed by atoms with Crippen molar-refractivity contribution in [2.24, 2.45) is 7.05 Å². The molecule has 7 heteroatoms. The fourth-order valence-corrected chi connectivity index (χ4v) is 1.88. The average molecular weight is 282 g/mol. The second-order valence-electron chi connectivity index (χ2n) is 2.92. The molecule has 0 saturated heterocycles. The molecule has 14 heavy (non-hydrogen) atoms. The van der Waals surface area contributed by atoms with Crippen LogP contribution in [0.15, 0.2) is 6.20 Å². The molecule has 0 fully saturated rings. The van der Waals surface area contributed by atoms with Gasteiger partial charge in [0, 0.05) is 24.8 Å². The van der Waals surface area contributed by atoms with E-state index in [1.807, 2.05) is 14.0 Å². The maximum absolute atomic E-state index is 11.1. The Hall–Kier alpha value is -0.400. The Bertz CT molecular complexity index is 413. The van der Waals surface area contributed by atoms with Gasteiger partial charge < -0.3 is 0 Å². The molecule has 0 atom stereocenters. The molecule has 0 bridgehead atoms. The maximum Gasteiger partial charge on any atom is 0.221 e. The molecule has 0 amide bonds. The van der Waals surface area contributed by atoms with Gasteiger partial charge in [-0.2, -0.15) is 5.10 Å². The molecule has 0 aliphatic carbocycles. The second-order valence-corrected chi connectivity index (χ2v) is 6.03. The SMILES string of the molecule is Cc1c(CNS(=O)(=O)CBr)cnn1C. The summed E-state index contributed by atoms with van der Waals surface area (Å²) in [6, 6.07) is 0. The van der Waals surface area contributed by atoms with Crippen molar-refractivity contribution in [2.45, 2.75) is 13.5 Å². The van der Waals surface area contributed by atoms with Crippen molar-refractivity contribution in [3.8, 4) is 0 Å². The topological polar surface area (TPSA) is 64.0 Å². The Labute approximate surface area is 91.7 Å². The molecule has 1 rings (SSSR count). The van der Waals surface area contributed by atoms with Gasteiger partial charge in [-0.1, -0.05) is 15.9 Å². The number of nitrogens with zero attached hydrogens (tertiary/aromatic N) is 2. The molecule has 1 N–H and O–H groups in total. The smallest absolute Gasteiger partial charge is 0.221 e. The summed E-state index contributed by atoms with van der Waals surface area (Å²) in [4.78, 5) is 0. The van der Waals surface area contributed by atoms with Gasteiger partial charge in [-0.15, -0.1) is 0 Å². The van der Waals surface area contributed by atoms with E-state index in [0.717, 1.165) is 11.3 Å². The molecule has 0 radical (unpaired) electrons. The van der Waals surface area contributed by atoms with Gasteiger partial charge in [0.1, 0.15) is 4.66 Å². The highest BCUT2D eigenvalue weighted by molar-refractivity contribution is 9.10. The largest absolute Gasteiger partial charge is 0.273 e. The third-order valence-corrected chi connectivity index (χ3v) is 4.64. The van der Waals surface area contributed by atoms with E-state index in [4.69, 9.17) is 0 Å². The van der Waals surface area contributed by atoms with Gasteiger partial charge >= 0.3 is 0 Å². The Balaban J connectivity index is 2.68. The number of rotatable bonds is 4. The summed E-state index contributed by atoms with van der Waals surface area (Å²) >= 11 is 2.90. The summed E-state index contributed by atoms with van der Waals surface area (Å²) in [7, 11) is -1.38. The van der Waals surface area contributed by atoms with Gasteiger partial charge in [0.15, 0.2) is 0 Å². The summed E-state index contributed by atoms with van der Waals surface area (Å²) in [6.07, 6.45) is 1.66. The van der Waals surface area contributed by atoms with Crippen LogP contribution in [0.25, 0.3) is 0 Å². The Morgan fingerprint density at radius 2 is 2.29 bits per heavy atom. The highest BCUT2D eigenvalue weighted by atomic mass is 79.9. The van der Waals surface area contributed by atoms with Crippen LogP contribution < -0.4 is 4.72 Å². The fourth-order valence-electron chi connectivity index (χ4n) is 0.944. The van der Waals surface area contributed by atoms with Gasteiger partial charge in [0.2, 0.25) is 10.0 Å². The first-order valence-electron chi connectivity index (χ1n) is 3.97. The van der Waals surface area contributed by atoms with Gasteiger partial charge in [-0.05, 0) is 6.92 Å². The molecule has 0 unspecified atom stereocenters. The van der Waals surface area contributed by atoms with Crippen LogP contribution in [-0.4, -0.2) is 22.9 Å². The van der Waals surface area contributed by atoms with Gasteiger partial charge in [-0.25, -0.2) is 13.1 Å². The predicted octanol–water partition coefficient (Wildman–Crippen LogP) is 0.500. The summed E-state index contributed by atoms with van der Waals surface area (Å²) < 4.78 is 26.3. The maximum atomic E-state index is 11.1. The van der Waals surface area contributed by atoms with Crippen molar-refractivity contribution in [1.29, 1.82) is 0 Å². The van der Waals surface area contributed by atoms with Crippen LogP contribution in [0.3, 0.4) is 0 Å². The molecule has 0 spiro atoms. The summed E-state index contributed by atoms with van der Waals surface area (Å²) in [5.41, 5.74) is 1.85. The lowest BCUT2D eigenvalue weighted by molar-refractivity contribution is 0.586. The molecule has 1 aromatic heterocycles. The van der Waals surface area contributed by atoms with Crippen LogP contribution in [0.2, 0.25) is 0 Å². The molecule has 0 saturated carbocycles. The third-order valence-electron chi connectivity index (χ3n) is 1.96. The second kappa shape index (κ2) is 4.41. The van der Waals surface area contributed by atoms with Crippen molar-refractivity contribution in [3.05, 3.63) is 17.5 Å². The highest BCUT2D eigenvalue weighted by Gasteiger charge is 2.09. The van der Waals surface area contributed by atoms with Crippen molar-refractivity contribution >= 4 is 26.0 Å². The highest BCUT2D eigenvalue weighted by Crippen LogP contribution is 2.05. The first kappa shape index (κ1) is 11.7. The van der Waals surface area contributed by atoms with E-state index < -0.39 is 10.0 Å². The average Bonchev–Trinajstić information content (AvgIpc) is 2.45. The first-order chi connectivity index (χ1) is 6.46. The van der Waals surface area contributed by atoms with Crippen LogP contribution in [0, 0.1) is 6.92 Å². The third kappa shape index (κ3) is 2.79. The van der Waals surface area contributed by atoms with Crippen LogP contribution >= 0.6 is 15.9 Å². The Kier molecular flexibility index (Phi) is 3.68. The number of aromatic nitrogens is 2.